The van der Waals surface area contributed by atoms with Crippen LogP contribution in [0.3, 0.4) is 0 Å². The van der Waals surface area contributed by atoms with Gasteiger partial charge in [0.1, 0.15) is 11.4 Å². The van der Waals surface area contributed by atoms with Gasteiger partial charge in [0.05, 0.1) is 12.4 Å². The number of aromatic nitrogens is 4. The first kappa shape index (κ1) is 22.1. The fourth-order valence-corrected chi connectivity index (χ4v) is 4.19. The average Bonchev–Trinajstić information content (AvgIpc) is 3.46. The minimum absolute atomic E-state index is 0.154. The van der Waals surface area contributed by atoms with Gasteiger partial charge in [0.25, 0.3) is 11.8 Å². The first-order valence-electron chi connectivity index (χ1n) is 11.1. The molecule has 176 valence electrons. The molecule has 1 aliphatic rings. The summed E-state index contributed by atoms with van der Waals surface area (Å²) in [6.07, 6.45) is 3.79. The van der Waals surface area contributed by atoms with E-state index in [1.54, 1.807) is 47.2 Å². The Morgan fingerprint density at radius 3 is 2.63 bits per heavy atom. The number of nitrogens with zero attached hydrogens (tertiary/aromatic N) is 5. The molecule has 10 nitrogen and oxygen atoms in total. The maximum Gasteiger partial charge on any atom is 0.276 e. The highest BCUT2D eigenvalue weighted by Gasteiger charge is 2.34. The summed E-state index contributed by atoms with van der Waals surface area (Å²) in [6, 6.07) is 16.1. The van der Waals surface area contributed by atoms with Crippen LogP contribution in [-0.4, -0.2) is 48.7 Å². The van der Waals surface area contributed by atoms with Crippen LogP contribution in [0.4, 0.5) is 5.69 Å². The summed E-state index contributed by atoms with van der Waals surface area (Å²) in [5.41, 5.74) is 8.70. The van der Waals surface area contributed by atoms with E-state index in [0.29, 0.717) is 42.1 Å². The highest BCUT2D eigenvalue weighted by molar-refractivity contribution is 6.07. The Morgan fingerprint density at radius 1 is 1.11 bits per heavy atom. The fraction of sp³-hybridized carbons (Fsp3) is 0.160. The van der Waals surface area contributed by atoms with Crippen molar-refractivity contribution in [3.05, 3.63) is 95.1 Å². The smallest absolute Gasteiger partial charge is 0.276 e. The number of aryl methyl sites for hydroxylation is 1. The van der Waals surface area contributed by atoms with E-state index < -0.39 is 11.8 Å². The third-order valence-corrected chi connectivity index (χ3v) is 5.88. The van der Waals surface area contributed by atoms with E-state index in [2.05, 4.69) is 15.5 Å². The fourth-order valence-electron chi connectivity index (χ4n) is 4.19. The highest BCUT2D eigenvalue weighted by atomic mass is 16.2. The SMILES string of the molecule is Cn1cc(-n2nc(C(=O)Nc3cccc(C(N)=O)c3)c3c2C(=O)N(Cc2ccccc2)CC3)cn1. The maximum absolute atomic E-state index is 13.6. The molecule has 4 aromatic rings. The maximum atomic E-state index is 13.6. The van der Waals surface area contributed by atoms with Crippen molar-refractivity contribution >= 4 is 23.4 Å². The first-order valence-corrected chi connectivity index (χ1v) is 11.1. The third kappa shape index (κ3) is 4.29. The molecular formula is C25H23N7O3. The van der Waals surface area contributed by atoms with Gasteiger partial charge in [-0.1, -0.05) is 36.4 Å². The zero-order valence-corrected chi connectivity index (χ0v) is 19.0. The van der Waals surface area contributed by atoms with Crippen molar-refractivity contribution in [2.24, 2.45) is 12.8 Å². The van der Waals surface area contributed by atoms with E-state index in [-0.39, 0.29) is 17.2 Å². The quantitative estimate of drug-likeness (QED) is 0.447. The van der Waals surface area contributed by atoms with Gasteiger partial charge in [0.15, 0.2) is 5.69 Å². The Labute approximate surface area is 201 Å². The number of fused-ring (bicyclic) bond motifs is 1. The highest BCUT2D eigenvalue weighted by Crippen LogP contribution is 2.27. The number of primary amides is 1. The van der Waals surface area contributed by atoms with Crippen molar-refractivity contribution in [2.45, 2.75) is 13.0 Å². The normalized spacial score (nSPS) is 12.9. The molecule has 3 N–H and O–H groups in total. The Kier molecular flexibility index (Phi) is 5.61. The van der Waals surface area contributed by atoms with Gasteiger partial charge in [0.2, 0.25) is 5.91 Å². The molecule has 5 rings (SSSR count). The molecule has 3 amide bonds. The number of amides is 3. The van der Waals surface area contributed by atoms with Gasteiger partial charge in [0, 0.05) is 37.0 Å². The van der Waals surface area contributed by atoms with Crippen molar-refractivity contribution < 1.29 is 14.4 Å². The molecule has 0 fully saturated rings. The Balaban J connectivity index is 1.51. The molecule has 0 unspecified atom stereocenters. The van der Waals surface area contributed by atoms with E-state index in [1.807, 2.05) is 30.3 Å². The Bertz CT molecular complexity index is 1440. The Hall–Kier alpha value is -4.73. The van der Waals surface area contributed by atoms with Crippen LogP contribution in [0.5, 0.6) is 0 Å². The van der Waals surface area contributed by atoms with Crippen LogP contribution in [0.2, 0.25) is 0 Å². The summed E-state index contributed by atoms with van der Waals surface area (Å²) in [5.74, 6) is -1.28. The van der Waals surface area contributed by atoms with E-state index in [1.165, 1.54) is 10.7 Å². The van der Waals surface area contributed by atoms with E-state index >= 15 is 0 Å². The molecule has 35 heavy (non-hydrogen) atoms. The molecule has 0 radical (unpaired) electrons. The molecular weight excluding hydrogens is 446 g/mol. The largest absolute Gasteiger partial charge is 0.366 e. The minimum atomic E-state index is -0.594. The number of carbonyl (C=O) groups excluding carboxylic acids is 3. The molecule has 0 atom stereocenters. The lowest BCUT2D eigenvalue weighted by atomic mass is 10.0. The predicted molar refractivity (Wildman–Crippen MR) is 128 cm³/mol. The van der Waals surface area contributed by atoms with Crippen LogP contribution in [0.15, 0.2) is 67.0 Å². The molecule has 0 spiro atoms. The van der Waals surface area contributed by atoms with Crippen LogP contribution >= 0.6 is 0 Å². The Morgan fingerprint density at radius 2 is 1.91 bits per heavy atom. The molecule has 0 saturated heterocycles. The minimum Gasteiger partial charge on any atom is -0.366 e. The number of anilines is 1. The van der Waals surface area contributed by atoms with Gasteiger partial charge in [-0.25, -0.2) is 4.68 Å². The summed E-state index contributed by atoms with van der Waals surface area (Å²) in [4.78, 5) is 40.1. The monoisotopic (exact) mass is 469 g/mol. The van der Waals surface area contributed by atoms with Crippen LogP contribution in [-0.2, 0) is 20.0 Å². The second-order valence-electron chi connectivity index (χ2n) is 8.32. The summed E-state index contributed by atoms with van der Waals surface area (Å²) in [7, 11) is 1.77. The molecule has 2 aromatic carbocycles. The van der Waals surface area contributed by atoms with E-state index in [4.69, 9.17) is 5.73 Å². The van der Waals surface area contributed by atoms with E-state index in [9.17, 15) is 14.4 Å². The number of hydrogen-bond donors (Lipinski definition) is 2. The number of benzene rings is 2. The van der Waals surface area contributed by atoms with Crippen LogP contribution in [0.1, 0.15) is 42.5 Å². The molecule has 2 aromatic heterocycles. The van der Waals surface area contributed by atoms with Crippen molar-refractivity contribution in [3.8, 4) is 5.69 Å². The standard InChI is InChI=1S/C25H23N7O3/c1-30-15-19(13-27-30)32-22-20(10-11-31(25(22)35)14-16-6-3-2-4-7-16)21(29-32)24(34)28-18-9-5-8-17(12-18)23(26)33/h2-9,12-13,15H,10-11,14H2,1H3,(H2,26,33)(H,28,34). The molecule has 0 aliphatic carbocycles. The third-order valence-electron chi connectivity index (χ3n) is 5.88. The lowest BCUT2D eigenvalue weighted by Crippen LogP contribution is -2.38. The van der Waals surface area contributed by atoms with Crippen LogP contribution in [0, 0.1) is 0 Å². The zero-order valence-electron chi connectivity index (χ0n) is 19.0. The molecule has 10 heteroatoms. The van der Waals surface area contributed by atoms with Gasteiger partial charge >= 0.3 is 0 Å². The number of nitrogens with two attached hydrogens (primary N) is 1. The number of carbonyl (C=O) groups is 3. The van der Waals surface area contributed by atoms with Gasteiger partial charge in [-0.3, -0.25) is 19.1 Å². The summed E-state index contributed by atoms with van der Waals surface area (Å²) >= 11 is 0. The molecule has 0 saturated carbocycles. The van der Waals surface area contributed by atoms with Crippen molar-refractivity contribution in [2.75, 3.05) is 11.9 Å². The van der Waals surface area contributed by atoms with Crippen LogP contribution in [0.25, 0.3) is 5.69 Å². The van der Waals surface area contributed by atoms with Gasteiger partial charge in [-0.15, -0.1) is 0 Å². The van der Waals surface area contributed by atoms with Gasteiger partial charge < -0.3 is 16.0 Å². The second-order valence-corrected chi connectivity index (χ2v) is 8.32. The predicted octanol–water partition coefficient (Wildman–Crippen LogP) is 2.16. The number of hydrogen-bond acceptors (Lipinski definition) is 5. The average molecular weight is 470 g/mol. The molecule has 1 aliphatic heterocycles. The summed E-state index contributed by atoms with van der Waals surface area (Å²) in [5, 5.41) is 11.5. The first-order chi connectivity index (χ1) is 16.9. The van der Waals surface area contributed by atoms with Crippen LogP contribution < -0.4 is 11.1 Å². The van der Waals surface area contributed by atoms with Gasteiger partial charge in [-0.05, 0) is 30.2 Å². The second kappa shape index (κ2) is 8.90. The summed E-state index contributed by atoms with van der Waals surface area (Å²) < 4.78 is 3.09. The lowest BCUT2D eigenvalue weighted by molar-refractivity contribution is 0.0717. The lowest BCUT2D eigenvalue weighted by Gasteiger charge is -2.27. The van der Waals surface area contributed by atoms with Gasteiger partial charge in [-0.2, -0.15) is 10.2 Å². The topological polar surface area (TPSA) is 128 Å². The number of nitrogens with one attached hydrogen (secondary N) is 1. The van der Waals surface area contributed by atoms with Crippen molar-refractivity contribution in [1.29, 1.82) is 0 Å². The molecule has 3 heterocycles. The van der Waals surface area contributed by atoms with Crippen molar-refractivity contribution in [3.63, 3.8) is 0 Å². The number of rotatable bonds is 6. The van der Waals surface area contributed by atoms with Crippen molar-refractivity contribution in [1.82, 2.24) is 24.5 Å². The zero-order chi connectivity index (χ0) is 24.5. The van der Waals surface area contributed by atoms with E-state index in [0.717, 1.165) is 5.56 Å². The molecule has 0 bridgehead atoms. The summed E-state index contributed by atoms with van der Waals surface area (Å²) in [6.45, 7) is 0.912.